The smallest absolute Gasteiger partial charge is 0.306 e. The highest BCUT2D eigenvalue weighted by Gasteiger charge is 2.11. The maximum atomic E-state index is 11.8. The van der Waals surface area contributed by atoms with Crippen molar-refractivity contribution in [3.63, 3.8) is 0 Å². The van der Waals surface area contributed by atoms with Gasteiger partial charge in [-0.1, -0.05) is 23.2 Å². The summed E-state index contributed by atoms with van der Waals surface area (Å²) in [5, 5.41) is 9.12. The molecule has 0 aliphatic rings. The molecule has 0 amide bonds. The molecule has 0 fully saturated rings. The zero-order chi connectivity index (χ0) is 19.9. The number of hydrogen-bond acceptors (Lipinski definition) is 6. The first-order chi connectivity index (χ1) is 13.5. The van der Waals surface area contributed by atoms with Gasteiger partial charge in [-0.3, -0.25) is 4.79 Å². The van der Waals surface area contributed by atoms with Gasteiger partial charge in [-0.05, 0) is 61.4 Å². The highest BCUT2D eigenvalue weighted by molar-refractivity contribution is 6.31. The van der Waals surface area contributed by atoms with E-state index in [9.17, 15) is 4.79 Å². The number of benzene rings is 2. The third-order valence-corrected chi connectivity index (χ3v) is 4.51. The van der Waals surface area contributed by atoms with Gasteiger partial charge in [0.05, 0.1) is 6.61 Å². The molecule has 2 aromatic carbocycles. The lowest BCUT2D eigenvalue weighted by Crippen LogP contribution is -2.07. The predicted molar refractivity (Wildman–Crippen MR) is 105 cm³/mol. The molecule has 0 saturated carbocycles. The van der Waals surface area contributed by atoms with Crippen molar-refractivity contribution in [3.05, 3.63) is 64.0 Å². The van der Waals surface area contributed by atoms with E-state index in [2.05, 4.69) is 10.2 Å². The average molecular weight is 421 g/mol. The molecule has 0 aliphatic carbocycles. The van der Waals surface area contributed by atoms with Gasteiger partial charge in [-0.15, -0.1) is 10.2 Å². The van der Waals surface area contributed by atoms with Crippen LogP contribution in [0, 0.1) is 6.92 Å². The quantitative estimate of drug-likeness (QED) is 0.365. The van der Waals surface area contributed by atoms with Crippen molar-refractivity contribution in [2.75, 3.05) is 6.61 Å². The number of carbonyl (C=O) groups is 1. The van der Waals surface area contributed by atoms with E-state index in [1.54, 1.807) is 36.4 Å². The van der Waals surface area contributed by atoms with Crippen LogP contribution in [0.4, 0.5) is 0 Å². The van der Waals surface area contributed by atoms with Crippen molar-refractivity contribution in [2.24, 2.45) is 0 Å². The summed E-state index contributed by atoms with van der Waals surface area (Å²) in [7, 11) is 0. The third-order valence-electron chi connectivity index (χ3n) is 3.84. The Morgan fingerprint density at radius 1 is 1.11 bits per heavy atom. The molecule has 0 spiro atoms. The van der Waals surface area contributed by atoms with Gasteiger partial charge in [0.25, 0.3) is 5.89 Å². The number of rotatable bonds is 8. The Bertz CT molecular complexity index is 942. The van der Waals surface area contributed by atoms with E-state index in [0.29, 0.717) is 29.0 Å². The van der Waals surface area contributed by atoms with Crippen LogP contribution in [0.2, 0.25) is 10.0 Å². The average Bonchev–Trinajstić information content (AvgIpc) is 3.16. The van der Waals surface area contributed by atoms with Gasteiger partial charge in [0.1, 0.15) is 5.75 Å². The lowest BCUT2D eigenvalue weighted by Gasteiger charge is -2.07. The summed E-state index contributed by atoms with van der Waals surface area (Å²) in [6.07, 6.45) is 0.755. The molecule has 146 valence electrons. The molecule has 6 nitrogen and oxygen atoms in total. The Hall–Kier alpha value is -2.57. The van der Waals surface area contributed by atoms with E-state index in [1.165, 1.54) is 0 Å². The van der Waals surface area contributed by atoms with Crippen molar-refractivity contribution >= 4 is 29.2 Å². The van der Waals surface area contributed by atoms with E-state index < -0.39 is 0 Å². The standard InChI is InChI=1S/C20H18Cl2N2O4/c1-13-11-16(8-9-17(13)22)26-10-2-3-19(25)27-12-18-23-24-20(28-18)14-4-6-15(21)7-5-14/h4-9,11H,2-3,10,12H2,1H3. The van der Waals surface area contributed by atoms with Gasteiger partial charge in [-0.25, -0.2) is 0 Å². The minimum Gasteiger partial charge on any atom is -0.494 e. The molecule has 3 aromatic rings. The first kappa shape index (κ1) is 20.2. The van der Waals surface area contributed by atoms with Gasteiger partial charge in [0, 0.05) is 22.0 Å². The molecule has 8 heteroatoms. The SMILES string of the molecule is Cc1cc(OCCCC(=O)OCc2nnc(-c3ccc(Cl)cc3)o2)ccc1Cl. The lowest BCUT2D eigenvalue weighted by molar-refractivity contribution is -0.145. The molecule has 28 heavy (non-hydrogen) atoms. The van der Waals surface area contributed by atoms with Crippen LogP contribution in [0.3, 0.4) is 0 Å². The van der Waals surface area contributed by atoms with Crippen LogP contribution in [-0.4, -0.2) is 22.8 Å². The van der Waals surface area contributed by atoms with E-state index in [1.807, 2.05) is 13.0 Å². The Labute approximate surface area is 172 Å². The Morgan fingerprint density at radius 2 is 1.89 bits per heavy atom. The van der Waals surface area contributed by atoms with Crippen LogP contribution in [0.15, 0.2) is 46.9 Å². The molecule has 0 N–H and O–H groups in total. The van der Waals surface area contributed by atoms with E-state index in [0.717, 1.165) is 16.9 Å². The number of ether oxygens (including phenoxy) is 2. The summed E-state index contributed by atoms with van der Waals surface area (Å²) in [4.78, 5) is 11.8. The van der Waals surface area contributed by atoms with Crippen molar-refractivity contribution in [2.45, 2.75) is 26.4 Å². The summed E-state index contributed by atoms with van der Waals surface area (Å²) in [5.41, 5.74) is 1.68. The zero-order valence-electron chi connectivity index (χ0n) is 15.2. The molecule has 0 atom stereocenters. The molecule has 0 unspecified atom stereocenters. The van der Waals surface area contributed by atoms with Crippen LogP contribution in [0.25, 0.3) is 11.5 Å². The van der Waals surface area contributed by atoms with Gasteiger partial charge in [0.15, 0.2) is 6.61 Å². The molecule has 3 rings (SSSR count). The molecular weight excluding hydrogens is 403 g/mol. The molecule has 0 aliphatic heterocycles. The Morgan fingerprint density at radius 3 is 2.64 bits per heavy atom. The maximum absolute atomic E-state index is 11.8. The van der Waals surface area contributed by atoms with Crippen LogP contribution in [0.5, 0.6) is 5.75 Å². The number of halogens is 2. The lowest BCUT2D eigenvalue weighted by atomic mass is 10.2. The number of aryl methyl sites for hydroxylation is 1. The van der Waals surface area contributed by atoms with Crippen molar-refractivity contribution in [3.8, 4) is 17.2 Å². The van der Waals surface area contributed by atoms with E-state index in [-0.39, 0.29) is 24.9 Å². The summed E-state index contributed by atoms with van der Waals surface area (Å²) in [6, 6.07) is 12.4. The number of carbonyl (C=O) groups excluding carboxylic acids is 1. The maximum Gasteiger partial charge on any atom is 0.306 e. The van der Waals surface area contributed by atoms with Crippen molar-refractivity contribution in [1.29, 1.82) is 0 Å². The van der Waals surface area contributed by atoms with Crippen LogP contribution < -0.4 is 4.74 Å². The highest BCUT2D eigenvalue weighted by Crippen LogP contribution is 2.22. The van der Waals surface area contributed by atoms with E-state index in [4.69, 9.17) is 37.1 Å². The van der Waals surface area contributed by atoms with Crippen molar-refractivity contribution < 1.29 is 18.7 Å². The van der Waals surface area contributed by atoms with Gasteiger partial charge in [-0.2, -0.15) is 0 Å². The summed E-state index contributed by atoms with van der Waals surface area (Å²) >= 11 is 11.8. The summed E-state index contributed by atoms with van der Waals surface area (Å²) in [5.74, 6) is 0.929. The zero-order valence-corrected chi connectivity index (χ0v) is 16.7. The van der Waals surface area contributed by atoms with Gasteiger partial charge >= 0.3 is 5.97 Å². The topological polar surface area (TPSA) is 74.5 Å². The second kappa shape index (κ2) is 9.57. The third kappa shape index (κ3) is 5.71. The molecule has 0 saturated heterocycles. The number of aromatic nitrogens is 2. The highest BCUT2D eigenvalue weighted by atomic mass is 35.5. The second-order valence-corrected chi connectivity index (χ2v) is 6.88. The van der Waals surface area contributed by atoms with Gasteiger partial charge in [0.2, 0.25) is 5.89 Å². The summed E-state index contributed by atoms with van der Waals surface area (Å²) in [6.45, 7) is 2.23. The first-order valence-corrected chi connectivity index (χ1v) is 9.40. The molecule has 0 radical (unpaired) electrons. The second-order valence-electron chi connectivity index (χ2n) is 6.03. The molecular formula is C20H18Cl2N2O4. The normalized spacial score (nSPS) is 10.7. The van der Waals surface area contributed by atoms with Gasteiger partial charge < -0.3 is 13.9 Å². The Balaban J connectivity index is 1.38. The van der Waals surface area contributed by atoms with Crippen LogP contribution in [0.1, 0.15) is 24.3 Å². The fourth-order valence-electron chi connectivity index (χ4n) is 2.35. The minimum atomic E-state index is -0.359. The summed E-state index contributed by atoms with van der Waals surface area (Å²) < 4.78 is 16.2. The minimum absolute atomic E-state index is 0.0728. The Kier molecular flexibility index (Phi) is 6.90. The molecule has 1 aromatic heterocycles. The first-order valence-electron chi connectivity index (χ1n) is 8.64. The van der Waals surface area contributed by atoms with Crippen LogP contribution >= 0.6 is 23.2 Å². The fraction of sp³-hybridized carbons (Fsp3) is 0.250. The number of esters is 1. The van der Waals surface area contributed by atoms with Crippen LogP contribution in [-0.2, 0) is 16.1 Å². The molecule has 0 bridgehead atoms. The monoisotopic (exact) mass is 420 g/mol. The predicted octanol–water partition coefficient (Wildman–Crippen LogP) is 5.25. The number of hydrogen-bond donors (Lipinski definition) is 0. The fourth-order valence-corrected chi connectivity index (χ4v) is 2.59. The molecule has 1 heterocycles. The number of nitrogens with zero attached hydrogens (tertiary/aromatic N) is 2. The van der Waals surface area contributed by atoms with E-state index >= 15 is 0 Å². The van der Waals surface area contributed by atoms with Crippen molar-refractivity contribution in [1.82, 2.24) is 10.2 Å². The largest absolute Gasteiger partial charge is 0.494 e.